The Morgan fingerprint density at radius 2 is 2.11 bits per heavy atom. The van der Waals surface area contributed by atoms with Crippen LogP contribution < -0.4 is 4.74 Å². The van der Waals surface area contributed by atoms with Gasteiger partial charge in [-0.1, -0.05) is 15.9 Å². The van der Waals surface area contributed by atoms with Crippen molar-refractivity contribution >= 4 is 21.9 Å². The van der Waals surface area contributed by atoms with Gasteiger partial charge in [0.15, 0.2) is 0 Å². The number of aliphatic carboxylic acids is 1. The summed E-state index contributed by atoms with van der Waals surface area (Å²) in [7, 11) is 1.57. The Kier molecular flexibility index (Phi) is 5.82. The van der Waals surface area contributed by atoms with Crippen LogP contribution in [0, 0.1) is 13.8 Å². The van der Waals surface area contributed by atoms with E-state index in [9.17, 15) is 9.90 Å². The number of ether oxygens (including phenoxy) is 1. The molecule has 0 saturated heterocycles. The van der Waals surface area contributed by atoms with Crippen LogP contribution in [0.25, 0.3) is 0 Å². The fourth-order valence-corrected chi connectivity index (χ4v) is 2.70. The van der Waals surface area contributed by atoms with Gasteiger partial charge in [0.2, 0.25) is 0 Å². The predicted molar refractivity (Wildman–Crippen MR) is 76.6 cm³/mol. The van der Waals surface area contributed by atoms with Crippen molar-refractivity contribution in [3.63, 3.8) is 0 Å². The Hall–Kier alpha value is -1.07. The molecule has 19 heavy (non-hydrogen) atoms. The summed E-state index contributed by atoms with van der Waals surface area (Å²) in [6.45, 7) is 3.82. The van der Waals surface area contributed by atoms with Gasteiger partial charge in [0.1, 0.15) is 5.75 Å². The van der Waals surface area contributed by atoms with Gasteiger partial charge >= 0.3 is 5.97 Å². The summed E-state index contributed by atoms with van der Waals surface area (Å²) in [6, 6.07) is 1.95. The Morgan fingerprint density at radius 3 is 2.63 bits per heavy atom. The maximum absolute atomic E-state index is 10.5. The summed E-state index contributed by atoms with van der Waals surface area (Å²) < 4.78 is 6.28. The summed E-state index contributed by atoms with van der Waals surface area (Å²) in [6.07, 6.45) is 0.181. The van der Waals surface area contributed by atoms with Crippen LogP contribution >= 0.6 is 15.9 Å². The zero-order chi connectivity index (χ0) is 14.6. The number of carboxylic acids is 1. The number of benzene rings is 1. The number of carbonyl (C=O) groups is 1. The van der Waals surface area contributed by atoms with Crippen LogP contribution in [0.1, 0.15) is 42.1 Å². The highest BCUT2D eigenvalue weighted by molar-refractivity contribution is 9.10. The van der Waals surface area contributed by atoms with Gasteiger partial charge in [-0.15, -0.1) is 0 Å². The molecule has 0 aromatic heterocycles. The molecule has 0 heterocycles. The van der Waals surface area contributed by atoms with Gasteiger partial charge in [0.25, 0.3) is 0 Å². The largest absolute Gasteiger partial charge is 0.496 e. The van der Waals surface area contributed by atoms with E-state index in [1.807, 2.05) is 19.9 Å². The van der Waals surface area contributed by atoms with Gasteiger partial charge in [-0.3, -0.25) is 4.79 Å². The van der Waals surface area contributed by atoms with Gasteiger partial charge < -0.3 is 14.9 Å². The molecule has 1 aromatic rings. The van der Waals surface area contributed by atoms with Gasteiger partial charge in [-0.05, 0) is 43.9 Å². The van der Waals surface area contributed by atoms with E-state index in [1.54, 1.807) is 7.11 Å². The van der Waals surface area contributed by atoms with Crippen LogP contribution in [0.2, 0.25) is 0 Å². The number of aliphatic hydroxyl groups excluding tert-OH is 1. The molecule has 0 amide bonds. The lowest BCUT2D eigenvalue weighted by Crippen LogP contribution is -2.06. The van der Waals surface area contributed by atoms with Crippen LogP contribution in [-0.2, 0) is 4.79 Å². The molecular weight excluding hydrogens is 312 g/mol. The number of carboxylic acid groups (broad SMARTS) is 1. The van der Waals surface area contributed by atoms with E-state index in [-0.39, 0.29) is 6.42 Å². The van der Waals surface area contributed by atoms with E-state index < -0.39 is 12.1 Å². The molecule has 4 nitrogen and oxygen atoms in total. The third kappa shape index (κ3) is 3.94. The second-order valence-corrected chi connectivity index (χ2v) is 5.40. The third-order valence-corrected chi connectivity index (χ3v) is 3.94. The molecule has 0 aliphatic heterocycles. The summed E-state index contributed by atoms with van der Waals surface area (Å²) >= 11 is 3.46. The van der Waals surface area contributed by atoms with Crippen molar-refractivity contribution in [2.24, 2.45) is 0 Å². The smallest absolute Gasteiger partial charge is 0.303 e. The zero-order valence-electron chi connectivity index (χ0n) is 11.4. The van der Waals surface area contributed by atoms with Crippen molar-refractivity contribution < 1.29 is 19.7 Å². The third-order valence-electron chi connectivity index (χ3n) is 3.11. The average Bonchev–Trinajstić information content (AvgIpc) is 2.32. The van der Waals surface area contributed by atoms with Crippen LogP contribution in [0.15, 0.2) is 10.5 Å². The predicted octanol–water partition coefficient (Wildman–Crippen LogP) is 3.36. The van der Waals surface area contributed by atoms with Crippen molar-refractivity contribution in [2.75, 3.05) is 7.11 Å². The summed E-state index contributed by atoms with van der Waals surface area (Å²) in [5, 5.41) is 18.9. The van der Waals surface area contributed by atoms with E-state index in [0.29, 0.717) is 18.6 Å². The Morgan fingerprint density at radius 1 is 1.47 bits per heavy atom. The number of halogens is 1. The molecule has 106 valence electrons. The first kappa shape index (κ1) is 16.0. The van der Waals surface area contributed by atoms with Crippen LogP contribution in [0.5, 0.6) is 5.75 Å². The van der Waals surface area contributed by atoms with Gasteiger partial charge in [-0.2, -0.15) is 0 Å². The molecule has 0 bridgehead atoms. The number of rotatable bonds is 6. The first-order valence-corrected chi connectivity index (χ1v) is 6.91. The molecule has 0 unspecified atom stereocenters. The fraction of sp³-hybridized carbons (Fsp3) is 0.500. The van der Waals surface area contributed by atoms with E-state index >= 15 is 0 Å². The number of aliphatic hydroxyl groups is 1. The molecule has 0 radical (unpaired) electrons. The highest BCUT2D eigenvalue weighted by Crippen LogP contribution is 2.37. The Bertz CT molecular complexity index is 471. The Balaban J connectivity index is 3.00. The number of aryl methyl sites for hydroxylation is 1. The molecule has 0 spiro atoms. The number of hydrogen-bond donors (Lipinski definition) is 2. The standard InChI is InChI=1S/C14H19BrO4/c1-8-7-10(15)9(2)13(14(8)19-3)11(16)5-4-6-12(17)18/h7,11,16H,4-6H2,1-3H3,(H,17,18)/t11-/m0/s1. The minimum absolute atomic E-state index is 0.0609. The topological polar surface area (TPSA) is 66.8 Å². The van der Waals surface area contributed by atoms with Gasteiger partial charge in [0.05, 0.1) is 13.2 Å². The van der Waals surface area contributed by atoms with Crippen molar-refractivity contribution in [3.05, 3.63) is 27.2 Å². The fourth-order valence-electron chi connectivity index (χ4n) is 2.14. The molecule has 1 rings (SSSR count). The van der Waals surface area contributed by atoms with Gasteiger partial charge in [0, 0.05) is 16.5 Å². The average molecular weight is 331 g/mol. The second kappa shape index (κ2) is 6.91. The SMILES string of the molecule is COc1c(C)cc(Br)c(C)c1[C@@H](O)CCCC(=O)O. The monoisotopic (exact) mass is 330 g/mol. The van der Waals surface area contributed by atoms with E-state index in [1.165, 1.54) is 0 Å². The summed E-state index contributed by atoms with van der Waals surface area (Å²) in [5.74, 6) is -0.176. The summed E-state index contributed by atoms with van der Waals surface area (Å²) in [4.78, 5) is 10.5. The highest BCUT2D eigenvalue weighted by atomic mass is 79.9. The lowest BCUT2D eigenvalue weighted by molar-refractivity contribution is -0.137. The molecule has 1 aromatic carbocycles. The van der Waals surface area contributed by atoms with E-state index in [2.05, 4.69) is 15.9 Å². The zero-order valence-corrected chi connectivity index (χ0v) is 13.0. The van der Waals surface area contributed by atoms with Crippen molar-refractivity contribution in [3.8, 4) is 5.75 Å². The quantitative estimate of drug-likeness (QED) is 0.839. The highest BCUT2D eigenvalue weighted by Gasteiger charge is 2.20. The van der Waals surface area contributed by atoms with E-state index in [4.69, 9.17) is 9.84 Å². The molecule has 1 atom stereocenters. The molecule has 0 fully saturated rings. The second-order valence-electron chi connectivity index (χ2n) is 4.55. The maximum Gasteiger partial charge on any atom is 0.303 e. The van der Waals surface area contributed by atoms with Crippen molar-refractivity contribution in [1.29, 1.82) is 0 Å². The Labute approximate surface area is 121 Å². The molecule has 0 aliphatic rings. The molecular formula is C14H19BrO4. The number of hydrogen-bond acceptors (Lipinski definition) is 3. The number of methoxy groups -OCH3 is 1. The lowest BCUT2D eigenvalue weighted by atomic mass is 9.96. The van der Waals surface area contributed by atoms with Crippen LogP contribution in [0.4, 0.5) is 0 Å². The first-order valence-electron chi connectivity index (χ1n) is 6.12. The molecule has 0 aliphatic carbocycles. The molecule has 5 heteroatoms. The summed E-state index contributed by atoms with van der Waals surface area (Å²) in [5.41, 5.74) is 2.59. The first-order chi connectivity index (χ1) is 8.88. The van der Waals surface area contributed by atoms with Crippen molar-refractivity contribution in [1.82, 2.24) is 0 Å². The van der Waals surface area contributed by atoms with Crippen molar-refractivity contribution in [2.45, 2.75) is 39.2 Å². The van der Waals surface area contributed by atoms with Crippen LogP contribution in [0.3, 0.4) is 0 Å². The lowest BCUT2D eigenvalue weighted by Gasteiger charge is -2.20. The maximum atomic E-state index is 10.5. The minimum Gasteiger partial charge on any atom is -0.496 e. The van der Waals surface area contributed by atoms with Crippen LogP contribution in [-0.4, -0.2) is 23.3 Å². The normalized spacial score (nSPS) is 12.3. The minimum atomic E-state index is -0.846. The van der Waals surface area contributed by atoms with E-state index in [0.717, 1.165) is 21.2 Å². The molecule has 0 saturated carbocycles. The molecule has 2 N–H and O–H groups in total. The van der Waals surface area contributed by atoms with Gasteiger partial charge in [-0.25, -0.2) is 0 Å².